The van der Waals surface area contributed by atoms with Crippen molar-refractivity contribution < 1.29 is 12.8 Å². The minimum atomic E-state index is -2.88. The third kappa shape index (κ3) is 4.24. The smallest absolute Gasteiger partial charge is 0.232 e. The first-order valence-electron chi connectivity index (χ1n) is 10.7. The van der Waals surface area contributed by atoms with E-state index in [1.54, 1.807) is 0 Å². The van der Waals surface area contributed by atoms with E-state index in [1.165, 1.54) is 6.33 Å². The fourth-order valence-corrected chi connectivity index (χ4v) is 5.32. The molecule has 2 aromatic carbocycles. The van der Waals surface area contributed by atoms with Gasteiger partial charge in [-0.25, -0.2) is 18.4 Å². The summed E-state index contributed by atoms with van der Waals surface area (Å²) in [5.74, 6) is 1.93. The predicted octanol–water partition coefficient (Wildman–Crippen LogP) is 3.70. The standard InChI is InChI=1S/C24H24N4O3S/c29-32(30)15-13-28(14-16-32)12-11-25-23-21-20(18-7-3-1-4-8-18)22(19-9-5-2-6-10-19)31-24(21)27-17-26-23/h1-10,17H,11-16H2,(H,25,26,27). The van der Waals surface area contributed by atoms with Crippen LogP contribution in [0.5, 0.6) is 0 Å². The molecule has 1 saturated heterocycles. The number of fused-ring (bicyclic) bond motifs is 1. The highest BCUT2D eigenvalue weighted by atomic mass is 32.2. The molecule has 32 heavy (non-hydrogen) atoms. The minimum Gasteiger partial charge on any atom is -0.437 e. The molecule has 0 aliphatic carbocycles. The molecule has 1 N–H and O–H groups in total. The Morgan fingerprint density at radius 1 is 0.906 bits per heavy atom. The third-order valence-electron chi connectivity index (χ3n) is 5.74. The molecule has 0 unspecified atom stereocenters. The maximum absolute atomic E-state index is 11.7. The zero-order valence-electron chi connectivity index (χ0n) is 17.6. The number of furan rings is 1. The maximum Gasteiger partial charge on any atom is 0.232 e. The third-order valence-corrected chi connectivity index (χ3v) is 7.35. The molecule has 1 fully saturated rings. The zero-order valence-corrected chi connectivity index (χ0v) is 18.4. The average molecular weight is 449 g/mol. The molecule has 0 atom stereocenters. The van der Waals surface area contributed by atoms with Gasteiger partial charge in [-0.3, -0.25) is 4.90 Å². The van der Waals surface area contributed by atoms with Crippen LogP contribution in [0.25, 0.3) is 33.6 Å². The fraction of sp³-hybridized carbons (Fsp3) is 0.250. The van der Waals surface area contributed by atoms with Gasteiger partial charge in [0.25, 0.3) is 0 Å². The van der Waals surface area contributed by atoms with Crippen LogP contribution >= 0.6 is 0 Å². The molecular weight excluding hydrogens is 424 g/mol. The van der Waals surface area contributed by atoms with E-state index in [0.717, 1.165) is 34.4 Å². The minimum absolute atomic E-state index is 0.227. The lowest BCUT2D eigenvalue weighted by molar-refractivity contribution is 0.307. The zero-order chi connectivity index (χ0) is 22.0. The largest absolute Gasteiger partial charge is 0.437 e. The summed E-state index contributed by atoms with van der Waals surface area (Å²) in [5, 5.41) is 4.27. The van der Waals surface area contributed by atoms with Crippen LogP contribution in [-0.4, -0.2) is 61.0 Å². The normalized spacial score (nSPS) is 16.2. The van der Waals surface area contributed by atoms with E-state index < -0.39 is 9.84 Å². The molecule has 0 amide bonds. The summed E-state index contributed by atoms with van der Waals surface area (Å²) in [7, 11) is -2.88. The second kappa shape index (κ2) is 8.72. The first kappa shape index (κ1) is 20.7. The molecule has 8 heteroatoms. The lowest BCUT2D eigenvalue weighted by atomic mass is 9.99. The van der Waals surface area contributed by atoms with Gasteiger partial charge in [-0.2, -0.15) is 0 Å². The Kier molecular flexibility index (Phi) is 5.63. The van der Waals surface area contributed by atoms with Crippen LogP contribution in [0, 0.1) is 0 Å². The van der Waals surface area contributed by atoms with Crippen molar-refractivity contribution in [2.24, 2.45) is 0 Å². The molecule has 0 spiro atoms. The molecule has 4 aromatic rings. The van der Waals surface area contributed by atoms with E-state index in [1.807, 2.05) is 48.5 Å². The number of benzene rings is 2. The van der Waals surface area contributed by atoms with Crippen LogP contribution in [0.4, 0.5) is 5.82 Å². The second-order valence-corrected chi connectivity index (χ2v) is 10.2. The van der Waals surface area contributed by atoms with Crippen LogP contribution in [0.1, 0.15) is 0 Å². The van der Waals surface area contributed by atoms with E-state index in [2.05, 4.69) is 32.3 Å². The van der Waals surface area contributed by atoms with Crippen molar-refractivity contribution in [3.8, 4) is 22.5 Å². The van der Waals surface area contributed by atoms with Gasteiger partial charge in [0, 0.05) is 37.3 Å². The highest BCUT2D eigenvalue weighted by Crippen LogP contribution is 2.42. The quantitative estimate of drug-likeness (QED) is 0.481. The van der Waals surface area contributed by atoms with E-state index >= 15 is 0 Å². The monoisotopic (exact) mass is 448 g/mol. The van der Waals surface area contributed by atoms with Gasteiger partial charge in [0.1, 0.15) is 17.9 Å². The van der Waals surface area contributed by atoms with E-state index in [0.29, 0.717) is 31.2 Å². The Hall–Kier alpha value is -3.23. The fourth-order valence-electron chi connectivity index (χ4n) is 4.05. The molecular formula is C24H24N4O3S. The molecule has 0 radical (unpaired) electrons. The first-order valence-corrected chi connectivity index (χ1v) is 12.5. The number of sulfone groups is 1. The SMILES string of the molecule is O=S1(=O)CCN(CCNc2ncnc3oc(-c4ccccc4)c(-c4ccccc4)c23)CC1. The molecule has 3 heterocycles. The van der Waals surface area contributed by atoms with Crippen molar-refractivity contribution in [1.82, 2.24) is 14.9 Å². The number of aromatic nitrogens is 2. The lowest BCUT2D eigenvalue weighted by Gasteiger charge is -2.26. The van der Waals surface area contributed by atoms with Crippen molar-refractivity contribution in [1.29, 1.82) is 0 Å². The van der Waals surface area contributed by atoms with E-state index in [4.69, 9.17) is 4.42 Å². The van der Waals surface area contributed by atoms with Crippen molar-refractivity contribution in [2.45, 2.75) is 0 Å². The van der Waals surface area contributed by atoms with Crippen LogP contribution < -0.4 is 5.32 Å². The Labute approximate surface area is 187 Å². The molecule has 0 saturated carbocycles. The number of nitrogens with zero attached hydrogens (tertiary/aromatic N) is 3. The summed E-state index contributed by atoms with van der Waals surface area (Å²) >= 11 is 0. The average Bonchev–Trinajstić information content (AvgIpc) is 3.22. The van der Waals surface area contributed by atoms with Crippen molar-refractivity contribution in [3.63, 3.8) is 0 Å². The molecule has 1 aliphatic heterocycles. The van der Waals surface area contributed by atoms with Gasteiger partial charge in [-0.15, -0.1) is 0 Å². The van der Waals surface area contributed by atoms with Gasteiger partial charge in [0.2, 0.25) is 5.71 Å². The Morgan fingerprint density at radius 2 is 1.56 bits per heavy atom. The van der Waals surface area contributed by atoms with Crippen LogP contribution in [0.15, 0.2) is 71.4 Å². The van der Waals surface area contributed by atoms with Crippen molar-refractivity contribution in [2.75, 3.05) is 43.0 Å². The number of hydrogen-bond acceptors (Lipinski definition) is 7. The van der Waals surface area contributed by atoms with Gasteiger partial charge >= 0.3 is 0 Å². The van der Waals surface area contributed by atoms with Crippen LogP contribution in [0.2, 0.25) is 0 Å². The summed E-state index contributed by atoms with van der Waals surface area (Å²) < 4.78 is 29.6. The van der Waals surface area contributed by atoms with Gasteiger partial charge in [0.05, 0.1) is 16.9 Å². The molecule has 2 aromatic heterocycles. The first-order chi connectivity index (χ1) is 15.6. The molecule has 0 bridgehead atoms. The predicted molar refractivity (Wildman–Crippen MR) is 126 cm³/mol. The van der Waals surface area contributed by atoms with E-state index in [9.17, 15) is 8.42 Å². The number of nitrogens with one attached hydrogen (secondary N) is 1. The summed E-state index contributed by atoms with van der Waals surface area (Å²) in [5.41, 5.74) is 3.50. The van der Waals surface area contributed by atoms with Crippen LogP contribution in [0.3, 0.4) is 0 Å². The summed E-state index contributed by atoms with van der Waals surface area (Å²) in [4.78, 5) is 11.1. The van der Waals surface area contributed by atoms with Gasteiger partial charge in [0.15, 0.2) is 9.84 Å². The van der Waals surface area contributed by atoms with Gasteiger partial charge in [-0.1, -0.05) is 60.7 Å². The summed E-state index contributed by atoms with van der Waals surface area (Å²) in [6.07, 6.45) is 1.51. The van der Waals surface area contributed by atoms with Crippen LogP contribution in [-0.2, 0) is 9.84 Å². The Morgan fingerprint density at radius 3 is 2.25 bits per heavy atom. The molecule has 7 nitrogen and oxygen atoms in total. The number of hydrogen-bond donors (Lipinski definition) is 1. The van der Waals surface area contributed by atoms with Gasteiger partial charge < -0.3 is 9.73 Å². The maximum atomic E-state index is 11.7. The topological polar surface area (TPSA) is 88.3 Å². The lowest BCUT2D eigenvalue weighted by Crippen LogP contribution is -2.42. The highest BCUT2D eigenvalue weighted by molar-refractivity contribution is 7.91. The second-order valence-electron chi connectivity index (χ2n) is 7.86. The number of rotatable bonds is 6. The summed E-state index contributed by atoms with van der Waals surface area (Å²) in [6.45, 7) is 2.53. The highest BCUT2D eigenvalue weighted by Gasteiger charge is 2.23. The van der Waals surface area contributed by atoms with Crippen molar-refractivity contribution in [3.05, 3.63) is 67.0 Å². The van der Waals surface area contributed by atoms with E-state index in [-0.39, 0.29) is 11.5 Å². The Balaban J connectivity index is 1.48. The Bertz CT molecular complexity index is 1310. The molecule has 1 aliphatic rings. The van der Waals surface area contributed by atoms with Gasteiger partial charge in [-0.05, 0) is 5.56 Å². The van der Waals surface area contributed by atoms with Crippen molar-refractivity contribution >= 4 is 26.8 Å². The molecule has 164 valence electrons. The summed E-state index contributed by atoms with van der Waals surface area (Å²) in [6, 6.07) is 20.1. The molecule has 5 rings (SSSR count). The number of anilines is 1.